The van der Waals surface area contributed by atoms with Gasteiger partial charge in [0.2, 0.25) is 0 Å². The van der Waals surface area contributed by atoms with Crippen LogP contribution in [0.3, 0.4) is 0 Å². The Morgan fingerprint density at radius 3 is 2.57 bits per heavy atom. The van der Waals surface area contributed by atoms with E-state index < -0.39 is 0 Å². The third-order valence-corrected chi connectivity index (χ3v) is 5.97. The molecule has 3 heterocycles. The molecule has 1 aliphatic heterocycles. The quantitative estimate of drug-likeness (QED) is 0.643. The fourth-order valence-electron chi connectivity index (χ4n) is 3.42. The standard InChI is InChI=1S/C21H24N4O2S/c1-27-19-16-25(17-6-3-2-4-7-17)22-20(19)21(26)24-13-11-23(12-14-24)10-9-18-8-5-15-28-18/h2-8,15-16H,9-14H2,1H3. The summed E-state index contributed by atoms with van der Waals surface area (Å²) in [6, 6.07) is 14.0. The largest absolute Gasteiger partial charge is 0.493 e. The van der Waals surface area contributed by atoms with E-state index in [4.69, 9.17) is 4.74 Å². The van der Waals surface area contributed by atoms with Crippen molar-refractivity contribution >= 4 is 17.2 Å². The average molecular weight is 397 g/mol. The molecule has 1 saturated heterocycles. The zero-order valence-electron chi connectivity index (χ0n) is 16.0. The van der Waals surface area contributed by atoms with Crippen LogP contribution in [0.2, 0.25) is 0 Å². The molecule has 6 nitrogen and oxygen atoms in total. The number of hydrogen-bond acceptors (Lipinski definition) is 5. The van der Waals surface area contributed by atoms with Crippen LogP contribution in [0, 0.1) is 0 Å². The Morgan fingerprint density at radius 1 is 1.11 bits per heavy atom. The topological polar surface area (TPSA) is 50.6 Å². The highest BCUT2D eigenvalue weighted by Gasteiger charge is 2.27. The van der Waals surface area contributed by atoms with Gasteiger partial charge in [0.15, 0.2) is 11.4 Å². The predicted octanol–water partition coefficient (Wildman–Crippen LogP) is 2.94. The monoisotopic (exact) mass is 396 g/mol. The van der Waals surface area contributed by atoms with Crippen LogP contribution in [-0.4, -0.2) is 65.3 Å². The summed E-state index contributed by atoms with van der Waals surface area (Å²) < 4.78 is 7.12. The summed E-state index contributed by atoms with van der Waals surface area (Å²) in [6.45, 7) is 4.24. The zero-order valence-corrected chi connectivity index (χ0v) is 16.8. The maximum Gasteiger partial charge on any atom is 0.278 e. The molecule has 1 fully saturated rings. The average Bonchev–Trinajstić information content (AvgIpc) is 3.42. The SMILES string of the molecule is COc1cn(-c2ccccc2)nc1C(=O)N1CCN(CCc2cccs2)CC1. The minimum Gasteiger partial charge on any atom is -0.493 e. The lowest BCUT2D eigenvalue weighted by molar-refractivity contribution is 0.0629. The van der Waals surface area contributed by atoms with Crippen LogP contribution in [0.1, 0.15) is 15.4 Å². The van der Waals surface area contributed by atoms with Gasteiger partial charge in [-0.1, -0.05) is 24.3 Å². The van der Waals surface area contributed by atoms with Crippen molar-refractivity contribution in [1.29, 1.82) is 0 Å². The second-order valence-corrected chi connectivity index (χ2v) is 7.82. The first-order valence-electron chi connectivity index (χ1n) is 9.47. The molecule has 4 rings (SSSR count). The molecule has 0 aliphatic carbocycles. The van der Waals surface area contributed by atoms with Gasteiger partial charge in [0, 0.05) is 37.6 Å². The molecule has 0 unspecified atom stereocenters. The van der Waals surface area contributed by atoms with Gasteiger partial charge < -0.3 is 9.64 Å². The molecule has 146 valence electrons. The number of para-hydroxylation sites is 1. The van der Waals surface area contributed by atoms with Gasteiger partial charge in [-0.3, -0.25) is 9.69 Å². The first-order valence-corrected chi connectivity index (χ1v) is 10.4. The van der Waals surface area contributed by atoms with Gasteiger partial charge in [0.25, 0.3) is 5.91 Å². The van der Waals surface area contributed by atoms with E-state index in [2.05, 4.69) is 27.5 Å². The molecule has 1 amide bonds. The number of hydrogen-bond donors (Lipinski definition) is 0. The minimum atomic E-state index is -0.0653. The molecule has 0 radical (unpaired) electrons. The molecule has 2 aromatic heterocycles. The Kier molecular flexibility index (Phi) is 5.73. The molecule has 0 atom stereocenters. The number of carbonyl (C=O) groups excluding carboxylic acids is 1. The van der Waals surface area contributed by atoms with Gasteiger partial charge in [0.05, 0.1) is 19.0 Å². The molecule has 1 aliphatic rings. The second-order valence-electron chi connectivity index (χ2n) is 6.79. The number of methoxy groups -OCH3 is 1. The van der Waals surface area contributed by atoms with E-state index >= 15 is 0 Å². The first-order chi connectivity index (χ1) is 13.7. The third kappa shape index (κ3) is 4.10. The highest BCUT2D eigenvalue weighted by molar-refractivity contribution is 7.09. The molecular formula is C21H24N4O2S. The number of ether oxygens (including phenoxy) is 1. The fraction of sp³-hybridized carbons (Fsp3) is 0.333. The number of piperazine rings is 1. The molecule has 28 heavy (non-hydrogen) atoms. The Balaban J connectivity index is 1.39. The zero-order chi connectivity index (χ0) is 19.3. The van der Waals surface area contributed by atoms with Crippen molar-refractivity contribution < 1.29 is 9.53 Å². The van der Waals surface area contributed by atoms with Crippen LogP contribution in [-0.2, 0) is 6.42 Å². The maximum atomic E-state index is 13.0. The van der Waals surface area contributed by atoms with Crippen molar-refractivity contribution in [2.45, 2.75) is 6.42 Å². The summed E-state index contributed by atoms with van der Waals surface area (Å²) in [5.74, 6) is 0.443. The van der Waals surface area contributed by atoms with Crippen LogP contribution in [0.4, 0.5) is 0 Å². The molecule has 0 saturated carbocycles. The van der Waals surface area contributed by atoms with Crippen molar-refractivity contribution in [2.75, 3.05) is 39.8 Å². The second kappa shape index (κ2) is 8.58. The summed E-state index contributed by atoms with van der Waals surface area (Å²) >= 11 is 1.80. The van der Waals surface area contributed by atoms with Crippen molar-refractivity contribution in [1.82, 2.24) is 19.6 Å². The summed E-state index contributed by atoms with van der Waals surface area (Å²) in [6.07, 6.45) is 2.83. The molecule has 0 bridgehead atoms. The molecule has 0 N–H and O–H groups in total. The summed E-state index contributed by atoms with van der Waals surface area (Å²) in [4.78, 5) is 18.7. The number of thiophene rings is 1. The summed E-state index contributed by atoms with van der Waals surface area (Å²) in [5.41, 5.74) is 1.27. The van der Waals surface area contributed by atoms with Crippen molar-refractivity contribution in [3.05, 3.63) is 64.6 Å². The van der Waals surface area contributed by atoms with Crippen LogP contribution in [0.25, 0.3) is 5.69 Å². The van der Waals surface area contributed by atoms with Crippen LogP contribution < -0.4 is 4.74 Å². The van der Waals surface area contributed by atoms with Gasteiger partial charge in [-0.15, -0.1) is 11.3 Å². The summed E-state index contributed by atoms with van der Waals surface area (Å²) in [7, 11) is 1.58. The maximum absolute atomic E-state index is 13.0. The Hall–Kier alpha value is -2.64. The Bertz CT molecular complexity index is 900. The number of carbonyl (C=O) groups is 1. The van der Waals surface area contributed by atoms with Crippen molar-refractivity contribution in [2.24, 2.45) is 0 Å². The van der Waals surface area contributed by atoms with Crippen molar-refractivity contribution in [3.8, 4) is 11.4 Å². The predicted molar refractivity (Wildman–Crippen MR) is 110 cm³/mol. The normalized spacial score (nSPS) is 15.0. The van der Waals surface area contributed by atoms with Gasteiger partial charge in [-0.25, -0.2) is 4.68 Å². The highest BCUT2D eigenvalue weighted by Crippen LogP contribution is 2.22. The number of benzene rings is 1. The van der Waals surface area contributed by atoms with Gasteiger partial charge in [-0.05, 0) is 30.0 Å². The van der Waals surface area contributed by atoms with E-state index in [9.17, 15) is 4.79 Å². The van der Waals surface area contributed by atoms with Crippen LogP contribution in [0.5, 0.6) is 5.75 Å². The third-order valence-electron chi connectivity index (χ3n) is 5.04. The summed E-state index contributed by atoms with van der Waals surface area (Å²) in [5, 5.41) is 6.62. The smallest absolute Gasteiger partial charge is 0.278 e. The molecule has 1 aromatic carbocycles. The van der Waals surface area contributed by atoms with Crippen LogP contribution >= 0.6 is 11.3 Å². The number of amides is 1. The molecular weight excluding hydrogens is 372 g/mol. The highest BCUT2D eigenvalue weighted by atomic mass is 32.1. The lowest BCUT2D eigenvalue weighted by atomic mass is 10.2. The van der Waals surface area contributed by atoms with Gasteiger partial charge >= 0.3 is 0 Å². The Morgan fingerprint density at radius 2 is 1.89 bits per heavy atom. The molecule has 3 aromatic rings. The lowest BCUT2D eigenvalue weighted by Crippen LogP contribution is -2.49. The van der Waals surface area contributed by atoms with E-state index in [-0.39, 0.29) is 5.91 Å². The van der Waals surface area contributed by atoms with Gasteiger partial charge in [-0.2, -0.15) is 5.10 Å². The number of rotatable bonds is 6. The van der Waals surface area contributed by atoms with E-state index in [0.29, 0.717) is 24.5 Å². The van der Waals surface area contributed by atoms with Crippen LogP contribution in [0.15, 0.2) is 54.0 Å². The minimum absolute atomic E-state index is 0.0653. The van der Waals surface area contributed by atoms with E-state index in [1.165, 1.54) is 4.88 Å². The van der Waals surface area contributed by atoms with Gasteiger partial charge in [0.1, 0.15) is 0 Å². The number of nitrogens with zero attached hydrogens (tertiary/aromatic N) is 4. The fourth-order valence-corrected chi connectivity index (χ4v) is 4.11. The van der Waals surface area contributed by atoms with Crippen molar-refractivity contribution in [3.63, 3.8) is 0 Å². The molecule has 0 spiro atoms. The van der Waals surface area contributed by atoms with E-state index in [1.807, 2.05) is 35.2 Å². The molecule has 7 heteroatoms. The van der Waals surface area contributed by atoms with E-state index in [0.717, 1.165) is 31.7 Å². The van der Waals surface area contributed by atoms with E-state index in [1.54, 1.807) is 29.3 Å². The lowest BCUT2D eigenvalue weighted by Gasteiger charge is -2.34. The first kappa shape index (κ1) is 18.7. The number of aromatic nitrogens is 2. The Labute approximate surface area is 169 Å².